The second-order valence-electron chi connectivity index (χ2n) is 5.88. The van der Waals surface area contributed by atoms with Gasteiger partial charge in [0.15, 0.2) is 5.13 Å². The van der Waals surface area contributed by atoms with Gasteiger partial charge in [-0.1, -0.05) is 26.8 Å². The molecule has 2 rings (SSSR count). The maximum atomic E-state index is 11.9. The molecule has 0 saturated heterocycles. The molecule has 0 radical (unpaired) electrons. The van der Waals surface area contributed by atoms with E-state index in [4.69, 9.17) is 0 Å². The van der Waals surface area contributed by atoms with Gasteiger partial charge in [0, 0.05) is 15.7 Å². The van der Waals surface area contributed by atoms with Crippen molar-refractivity contribution in [2.45, 2.75) is 33.7 Å². The lowest BCUT2D eigenvalue weighted by molar-refractivity contribution is -0.123. The molecule has 0 aliphatic carbocycles. The standard InChI is InChI=1S/C15H19N3O2S2/c1-15(2,3)13(20)18-14-17-10(9-22-14)7-12(19)16-8-11-5-4-6-21-11/h4-6,9H,7-8H2,1-3H3,(H,16,19)(H,17,18,20). The van der Waals surface area contributed by atoms with Crippen molar-refractivity contribution in [3.8, 4) is 0 Å². The molecule has 7 heteroatoms. The van der Waals surface area contributed by atoms with Gasteiger partial charge in [-0.25, -0.2) is 4.98 Å². The second kappa shape index (κ2) is 7.02. The van der Waals surface area contributed by atoms with Crippen LogP contribution < -0.4 is 10.6 Å². The van der Waals surface area contributed by atoms with Gasteiger partial charge in [-0.15, -0.1) is 22.7 Å². The molecular weight excluding hydrogens is 318 g/mol. The van der Waals surface area contributed by atoms with E-state index in [1.165, 1.54) is 11.3 Å². The molecule has 0 aliphatic heterocycles. The SMILES string of the molecule is CC(C)(C)C(=O)Nc1nc(CC(=O)NCc2cccs2)cs1. The van der Waals surface area contributed by atoms with Crippen LogP contribution in [0.1, 0.15) is 31.3 Å². The van der Waals surface area contributed by atoms with Gasteiger partial charge in [-0.05, 0) is 11.4 Å². The van der Waals surface area contributed by atoms with Crippen LogP contribution in [0.25, 0.3) is 0 Å². The van der Waals surface area contributed by atoms with Gasteiger partial charge in [-0.2, -0.15) is 0 Å². The third-order valence-electron chi connectivity index (χ3n) is 2.83. The Morgan fingerprint density at radius 3 is 2.68 bits per heavy atom. The van der Waals surface area contributed by atoms with Gasteiger partial charge < -0.3 is 10.6 Å². The van der Waals surface area contributed by atoms with E-state index in [0.717, 1.165) is 4.88 Å². The van der Waals surface area contributed by atoms with Gasteiger partial charge in [0.05, 0.1) is 18.7 Å². The quantitative estimate of drug-likeness (QED) is 0.881. The van der Waals surface area contributed by atoms with Crippen molar-refractivity contribution in [2.75, 3.05) is 5.32 Å². The molecule has 2 N–H and O–H groups in total. The molecule has 2 aromatic heterocycles. The zero-order valence-corrected chi connectivity index (χ0v) is 14.4. The van der Waals surface area contributed by atoms with Crippen molar-refractivity contribution in [3.63, 3.8) is 0 Å². The summed E-state index contributed by atoms with van der Waals surface area (Å²) in [6, 6.07) is 3.94. The fourth-order valence-corrected chi connectivity index (χ4v) is 2.91. The molecule has 2 aromatic rings. The first kappa shape index (κ1) is 16.6. The van der Waals surface area contributed by atoms with Crippen molar-refractivity contribution in [3.05, 3.63) is 33.5 Å². The van der Waals surface area contributed by atoms with Crippen LogP contribution in [0.15, 0.2) is 22.9 Å². The number of carbonyl (C=O) groups excluding carboxylic acids is 2. The van der Waals surface area contributed by atoms with Crippen LogP contribution in [0.5, 0.6) is 0 Å². The normalized spacial score (nSPS) is 11.2. The summed E-state index contributed by atoms with van der Waals surface area (Å²) in [4.78, 5) is 29.1. The number of rotatable bonds is 5. The number of thiazole rings is 1. The number of nitrogens with one attached hydrogen (secondary N) is 2. The summed E-state index contributed by atoms with van der Waals surface area (Å²) >= 11 is 2.94. The number of thiophene rings is 1. The van der Waals surface area contributed by atoms with E-state index in [1.54, 1.807) is 16.7 Å². The number of carbonyl (C=O) groups is 2. The number of aromatic nitrogens is 1. The first-order valence-electron chi connectivity index (χ1n) is 6.89. The molecule has 0 bridgehead atoms. The molecule has 5 nitrogen and oxygen atoms in total. The van der Waals surface area contributed by atoms with Crippen molar-refractivity contribution in [2.24, 2.45) is 5.41 Å². The highest BCUT2D eigenvalue weighted by molar-refractivity contribution is 7.14. The lowest BCUT2D eigenvalue weighted by Gasteiger charge is -2.15. The number of amides is 2. The summed E-state index contributed by atoms with van der Waals surface area (Å²) in [6.45, 7) is 6.06. The Bertz CT molecular complexity index is 642. The van der Waals surface area contributed by atoms with Crippen LogP contribution in [-0.2, 0) is 22.6 Å². The Balaban J connectivity index is 1.83. The Morgan fingerprint density at radius 1 is 1.27 bits per heavy atom. The fourth-order valence-electron chi connectivity index (χ4n) is 1.56. The first-order chi connectivity index (χ1) is 10.3. The Hall–Kier alpha value is -1.73. The first-order valence-corrected chi connectivity index (χ1v) is 8.65. The summed E-state index contributed by atoms with van der Waals surface area (Å²) in [7, 11) is 0. The molecule has 0 atom stereocenters. The molecular formula is C15H19N3O2S2. The van der Waals surface area contributed by atoms with Crippen molar-refractivity contribution in [1.82, 2.24) is 10.3 Å². The second-order valence-corrected chi connectivity index (χ2v) is 7.77. The van der Waals surface area contributed by atoms with Crippen LogP contribution in [0.4, 0.5) is 5.13 Å². The monoisotopic (exact) mass is 337 g/mol. The number of hydrogen-bond acceptors (Lipinski definition) is 5. The van der Waals surface area contributed by atoms with Crippen LogP contribution in [0.2, 0.25) is 0 Å². The third-order valence-corrected chi connectivity index (χ3v) is 4.52. The van der Waals surface area contributed by atoms with E-state index in [0.29, 0.717) is 17.4 Å². The van der Waals surface area contributed by atoms with Crippen LogP contribution in [-0.4, -0.2) is 16.8 Å². The maximum Gasteiger partial charge on any atom is 0.231 e. The third kappa shape index (κ3) is 4.92. The van der Waals surface area contributed by atoms with E-state index < -0.39 is 5.41 Å². The van der Waals surface area contributed by atoms with E-state index in [2.05, 4.69) is 15.6 Å². The van der Waals surface area contributed by atoms with Gasteiger partial charge in [-0.3, -0.25) is 9.59 Å². The molecule has 118 valence electrons. The summed E-state index contributed by atoms with van der Waals surface area (Å²) in [5.74, 6) is -0.164. The lowest BCUT2D eigenvalue weighted by atomic mass is 9.96. The largest absolute Gasteiger partial charge is 0.351 e. The van der Waals surface area contributed by atoms with Gasteiger partial charge >= 0.3 is 0 Å². The Labute approximate surface area is 137 Å². The Morgan fingerprint density at radius 2 is 2.05 bits per heavy atom. The highest BCUT2D eigenvalue weighted by Crippen LogP contribution is 2.20. The molecule has 0 aliphatic rings. The molecule has 2 amide bonds. The number of anilines is 1. The Kier molecular flexibility index (Phi) is 5.31. The molecule has 0 spiro atoms. The van der Waals surface area contributed by atoms with Crippen molar-refractivity contribution in [1.29, 1.82) is 0 Å². The summed E-state index contributed by atoms with van der Waals surface area (Å²) in [5, 5.41) is 9.93. The predicted molar refractivity (Wildman–Crippen MR) is 90.1 cm³/mol. The minimum absolute atomic E-state index is 0.0765. The van der Waals surface area contributed by atoms with Crippen LogP contribution in [0.3, 0.4) is 0 Å². The van der Waals surface area contributed by atoms with E-state index in [-0.39, 0.29) is 18.2 Å². The predicted octanol–water partition coefficient (Wildman–Crippen LogP) is 3.05. The number of hydrogen-bond donors (Lipinski definition) is 2. The van der Waals surface area contributed by atoms with Crippen LogP contribution >= 0.6 is 22.7 Å². The molecule has 0 fully saturated rings. The average Bonchev–Trinajstić information content (AvgIpc) is 3.07. The van der Waals surface area contributed by atoms with Crippen LogP contribution in [0, 0.1) is 5.41 Å². The van der Waals surface area contributed by atoms with Crippen molar-refractivity contribution >= 4 is 39.6 Å². The van der Waals surface area contributed by atoms with E-state index in [9.17, 15) is 9.59 Å². The topological polar surface area (TPSA) is 71.1 Å². The maximum absolute atomic E-state index is 11.9. The highest BCUT2D eigenvalue weighted by atomic mass is 32.1. The van der Waals surface area contributed by atoms with Crippen molar-refractivity contribution < 1.29 is 9.59 Å². The molecule has 2 heterocycles. The highest BCUT2D eigenvalue weighted by Gasteiger charge is 2.22. The minimum atomic E-state index is -0.468. The van der Waals surface area contributed by atoms with E-state index in [1.807, 2.05) is 38.3 Å². The smallest absolute Gasteiger partial charge is 0.231 e. The molecule has 0 saturated carbocycles. The summed E-state index contributed by atoms with van der Waals surface area (Å²) in [5.41, 5.74) is 0.196. The molecule has 0 unspecified atom stereocenters. The summed E-state index contributed by atoms with van der Waals surface area (Å²) < 4.78 is 0. The molecule has 0 aromatic carbocycles. The van der Waals surface area contributed by atoms with Gasteiger partial charge in [0.25, 0.3) is 0 Å². The summed E-state index contributed by atoms with van der Waals surface area (Å²) in [6.07, 6.45) is 0.216. The zero-order chi connectivity index (χ0) is 16.2. The zero-order valence-electron chi connectivity index (χ0n) is 12.8. The van der Waals surface area contributed by atoms with Gasteiger partial charge in [0.2, 0.25) is 11.8 Å². The van der Waals surface area contributed by atoms with E-state index >= 15 is 0 Å². The number of nitrogens with zero attached hydrogens (tertiary/aromatic N) is 1. The molecule has 22 heavy (non-hydrogen) atoms. The lowest BCUT2D eigenvalue weighted by Crippen LogP contribution is -2.27. The average molecular weight is 337 g/mol. The minimum Gasteiger partial charge on any atom is -0.351 e. The van der Waals surface area contributed by atoms with Gasteiger partial charge in [0.1, 0.15) is 0 Å². The fraction of sp³-hybridized carbons (Fsp3) is 0.400.